The Morgan fingerprint density at radius 3 is 1.00 bits per heavy atom. The van der Waals surface area contributed by atoms with Gasteiger partial charge in [-0.2, -0.15) is 0 Å². The molecule has 1 unspecified atom stereocenters. The molecule has 0 rings (SSSR count). The summed E-state index contributed by atoms with van der Waals surface area (Å²) in [7, 11) is 0. The summed E-state index contributed by atoms with van der Waals surface area (Å²) in [6, 6.07) is 0. The summed E-state index contributed by atoms with van der Waals surface area (Å²) in [6.45, 7) is 6.25. The van der Waals surface area contributed by atoms with Crippen LogP contribution >= 0.6 is 0 Å². The van der Waals surface area contributed by atoms with Crippen LogP contribution in [-0.4, -0.2) is 37.2 Å². The van der Waals surface area contributed by atoms with Gasteiger partial charge in [0.15, 0.2) is 6.10 Å². The van der Waals surface area contributed by atoms with Crippen molar-refractivity contribution < 1.29 is 28.6 Å². The van der Waals surface area contributed by atoms with E-state index in [2.05, 4.69) is 142 Å². The van der Waals surface area contributed by atoms with Gasteiger partial charge < -0.3 is 14.2 Å². The van der Waals surface area contributed by atoms with Crippen molar-refractivity contribution >= 4 is 17.9 Å². The van der Waals surface area contributed by atoms with Gasteiger partial charge in [0.2, 0.25) is 0 Å². The zero-order valence-electron chi connectivity index (χ0n) is 40.3. The van der Waals surface area contributed by atoms with Crippen molar-refractivity contribution in [2.45, 2.75) is 207 Å². The van der Waals surface area contributed by atoms with E-state index >= 15 is 0 Å². The van der Waals surface area contributed by atoms with E-state index in [1.807, 2.05) is 0 Å². The maximum Gasteiger partial charge on any atom is 0.306 e. The fourth-order valence-corrected chi connectivity index (χ4v) is 6.26. The van der Waals surface area contributed by atoms with E-state index in [1.165, 1.54) is 12.8 Å². The fraction of sp³-hybridized carbons (Fsp3) is 0.596. The van der Waals surface area contributed by atoms with Crippen LogP contribution < -0.4 is 0 Å². The number of carbonyl (C=O) groups excluding carboxylic acids is 3. The standard InChI is InChI=1S/C57H90O6/c1-4-7-10-13-15-17-19-21-23-25-27-28-30-31-33-35-37-39-41-44-47-50-56(59)62-53-54(52-61-55(58)49-46-43-12-9-6-3)63-57(60)51-48-45-42-40-38-36-34-32-29-26-24-22-20-18-16-14-11-8-5-2/h7-8,10-11,15-18,21-24,27-29,31-33,37,39,54H,4-6,9,12-14,19-20,25-26,30,34-36,38,40-53H2,1-3H3/b10-7-,11-8-,17-15-,18-16-,23-21-,24-22-,28-27-,32-29-,33-31-,39-37-. The molecule has 0 aromatic heterocycles. The largest absolute Gasteiger partial charge is 0.462 e. The molecule has 0 saturated carbocycles. The molecule has 0 heterocycles. The van der Waals surface area contributed by atoms with Gasteiger partial charge in [-0.3, -0.25) is 14.4 Å². The van der Waals surface area contributed by atoms with Gasteiger partial charge in [-0.05, 0) is 109 Å². The van der Waals surface area contributed by atoms with E-state index in [9.17, 15) is 14.4 Å². The van der Waals surface area contributed by atoms with Gasteiger partial charge in [-0.15, -0.1) is 0 Å². The third kappa shape index (κ3) is 48.7. The van der Waals surface area contributed by atoms with E-state index in [1.54, 1.807) is 0 Å². The lowest BCUT2D eigenvalue weighted by Gasteiger charge is -2.18. The van der Waals surface area contributed by atoms with Crippen LogP contribution in [0.15, 0.2) is 122 Å². The monoisotopic (exact) mass is 871 g/mol. The second kappa shape index (κ2) is 50.5. The zero-order chi connectivity index (χ0) is 45.8. The Morgan fingerprint density at radius 2 is 0.619 bits per heavy atom. The summed E-state index contributed by atoms with van der Waals surface area (Å²) in [5.41, 5.74) is 0. The van der Waals surface area contributed by atoms with E-state index in [0.717, 1.165) is 141 Å². The summed E-state index contributed by atoms with van der Waals surface area (Å²) in [5.74, 6) is -0.985. The molecule has 0 spiro atoms. The maximum atomic E-state index is 12.7. The molecule has 6 heteroatoms. The van der Waals surface area contributed by atoms with Crippen molar-refractivity contribution in [1.29, 1.82) is 0 Å². The lowest BCUT2D eigenvalue weighted by Crippen LogP contribution is -2.30. The fourth-order valence-electron chi connectivity index (χ4n) is 6.26. The van der Waals surface area contributed by atoms with Gasteiger partial charge in [-0.1, -0.05) is 194 Å². The van der Waals surface area contributed by atoms with Crippen molar-refractivity contribution in [3.05, 3.63) is 122 Å². The van der Waals surface area contributed by atoms with E-state index in [4.69, 9.17) is 14.2 Å². The van der Waals surface area contributed by atoms with Crippen LogP contribution in [0.4, 0.5) is 0 Å². The van der Waals surface area contributed by atoms with Crippen LogP contribution in [0.25, 0.3) is 0 Å². The van der Waals surface area contributed by atoms with Crippen LogP contribution in [0, 0.1) is 0 Å². The van der Waals surface area contributed by atoms with Gasteiger partial charge >= 0.3 is 17.9 Å². The molecule has 6 nitrogen and oxygen atoms in total. The van der Waals surface area contributed by atoms with E-state index in [-0.39, 0.29) is 31.1 Å². The molecule has 0 bridgehead atoms. The zero-order valence-corrected chi connectivity index (χ0v) is 40.3. The number of allylic oxidation sites excluding steroid dienone is 20. The number of hydrogen-bond acceptors (Lipinski definition) is 6. The number of carbonyl (C=O) groups is 3. The molecular weight excluding hydrogens is 781 g/mol. The Bertz CT molecular complexity index is 1370. The number of unbranched alkanes of at least 4 members (excludes halogenated alkanes) is 12. The summed E-state index contributed by atoms with van der Waals surface area (Å²) in [5, 5.41) is 0. The predicted molar refractivity (Wildman–Crippen MR) is 269 cm³/mol. The van der Waals surface area contributed by atoms with Crippen LogP contribution in [0.3, 0.4) is 0 Å². The van der Waals surface area contributed by atoms with Gasteiger partial charge in [0.25, 0.3) is 0 Å². The van der Waals surface area contributed by atoms with Gasteiger partial charge in [-0.25, -0.2) is 0 Å². The van der Waals surface area contributed by atoms with Crippen LogP contribution in [0.5, 0.6) is 0 Å². The third-order valence-corrected chi connectivity index (χ3v) is 9.96. The summed E-state index contributed by atoms with van der Waals surface area (Å²) >= 11 is 0. The second-order valence-electron chi connectivity index (χ2n) is 16.0. The maximum absolute atomic E-state index is 12.7. The Kier molecular flexibility index (Phi) is 47.1. The predicted octanol–water partition coefficient (Wildman–Crippen LogP) is 16.5. The Hall–Kier alpha value is -4.19. The molecule has 63 heavy (non-hydrogen) atoms. The molecule has 0 saturated heterocycles. The minimum atomic E-state index is -0.803. The molecule has 0 aliphatic heterocycles. The molecular formula is C57H90O6. The molecule has 0 aliphatic carbocycles. The first-order valence-corrected chi connectivity index (χ1v) is 25.0. The summed E-state index contributed by atoms with van der Waals surface area (Å²) < 4.78 is 16.6. The normalized spacial score (nSPS) is 13.1. The highest BCUT2D eigenvalue weighted by Gasteiger charge is 2.19. The Morgan fingerprint density at radius 1 is 0.333 bits per heavy atom. The first-order chi connectivity index (χ1) is 31.0. The van der Waals surface area contributed by atoms with Crippen LogP contribution in [-0.2, 0) is 28.6 Å². The average Bonchev–Trinajstić information content (AvgIpc) is 3.28. The molecule has 0 aromatic carbocycles. The number of rotatable bonds is 43. The quantitative estimate of drug-likeness (QED) is 0.0263. The highest BCUT2D eigenvalue weighted by molar-refractivity contribution is 5.71. The highest BCUT2D eigenvalue weighted by atomic mass is 16.6. The lowest BCUT2D eigenvalue weighted by molar-refractivity contribution is -0.167. The van der Waals surface area contributed by atoms with Crippen molar-refractivity contribution in [1.82, 2.24) is 0 Å². The van der Waals surface area contributed by atoms with E-state index in [0.29, 0.717) is 25.7 Å². The SMILES string of the molecule is CC/C=C\C/C=C\C/C=C\C/C=C\C/C=C\C/C=C\CCCCC(=O)OCC(COC(=O)CCCCCCC)OC(=O)CCCCCCCC/C=C\C/C=C\C/C=C\C/C=C\CC. The number of esters is 3. The number of ether oxygens (including phenoxy) is 3. The average molecular weight is 871 g/mol. The topological polar surface area (TPSA) is 78.9 Å². The minimum absolute atomic E-state index is 0.102. The molecule has 0 amide bonds. The summed E-state index contributed by atoms with van der Waals surface area (Å²) in [4.78, 5) is 37.6. The van der Waals surface area contributed by atoms with Gasteiger partial charge in [0.1, 0.15) is 13.2 Å². The van der Waals surface area contributed by atoms with E-state index < -0.39 is 6.10 Å². The lowest BCUT2D eigenvalue weighted by atomic mass is 10.1. The molecule has 354 valence electrons. The summed E-state index contributed by atoms with van der Waals surface area (Å²) in [6.07, 6.45) is 69.3. The third-order valence-electron chi connectivity index (χ3n) is 9.96. The first-order valence-electron chi connectivity index (χ1n) is 25.0. The molecule has 0 fully saturated rings. The number of hydrogen-bond donors (Lipinski definition) is 0. The Labute approximate surface area is 386 Å². The van der Waals surface area contributed by atoms with Crippen LogP contribution in [0.1, 0.15) is 201 Å². The van der Waals surface area contributed by atoms with Crippen molar-refractivity contribution in [3.63, 3.8) is 0 Å². The minimum Gasteiger partial charge on any atom is -0.462 e. The van der Waals surface area contributed by atoms with Gasteiger partial charge in [0, 0.05) is 19.3 Å². The van der Waals surface area contributed by atoms with Crippen molar-refractivity contribution in [2.75, 3.05) is 13.2 Å². The van der Waals surface area contributed by atoms with Gasteiger partial charge in [0.05, 0.1) is 0 Å². The van der Waals surface area contributed by atoms with Crippen LogP contribution in [0.2, 0.25) is 0 Å². The van der Waals surface area contributed by atoms with Crippen molar-refractivity contribution in [2.24, 2.45) is 0 Å². The molecule has 0 N–H and O–H groups in total. The molecule has 0 aromatic rings. The molecule has 0 radical (unpaired) electrons. The molecule has 0 aliphatic rings. The van der Waals surface area contributed by atoms with Crippen molar-refractivity contribution in [3.8, 4) is 0 Å². The Balaban J connectivity index is 4.32. The second-order valence-corrected chi connectivity index (χ2v) is 16.0. The smallest absolute Gasteiger partial charge is 0.306 e. The highest BCUT2D eigenvalue weighted by Crippen LogP contribution is 2.12. The first kappa shape index (κ1) is 58.8. The molecule has 1 atom stereocenters.